The minimum Gasteiger partial charge on any atom is -0.493 e. The predicted octanol–water partition coefficient (Wildman–Crippen LogP) is 3.50. The van der Waals surface area contributed by atoms with Crippen LogP contribution in [0.4, 0.5) is 20.2 Å². The molecule has 2 aromatic carbocycles. The van der Waals surface area contributed by atoms with Gasteiger partial charge in [0.1, 0.15) is 23.8 Å². The largest absolute Gasteiger partial charge is 0.493 e. The smallest absolute Gasteiger partial charge is 0.286 e. The van der Waals surface area contributed by atoms with Gasteiger partial charge in [0.2, 0.25) is 0 Å². The highest BCUT2D eigenvalue weighted by Crippen LogP contribution is 2.38. The van der Waals surface area contributed by atoms with Crippen molar-refractivity contribution in [2.45, 2.75) is 12.8 Å². The predicted molar refractivity (Wildman–Crippen MR) is 103 cm³/mol. The van der Waals surface area contributed by atoms with Crippen LogP contribution in [0.5, 0.6) is 11.5 Å². The average molecular weight is 422 g/mol. The molecule has 160 valence electrons. The molecule has 1 aliphatic rings. The Bertz CT molecular complexity index is 982. The number of hydrogen-bond donors (Lipinski definition) is 0. The minimum atomic E-state index is -0.896. The highest BCUT2D eigenvalue weighted by atomic mass is 19.1. The quantitative estimate of drug-likeness (QED) is 0.385. The number of nitro benzene ring substituents is 1. The van der Waals surface area contributed by atoms with Crippen molar-refractivity contribution in [3.63, 3.8) is 0 Å². The number of anilines is 1. The van der Waals surface area contributed by atoms with Crippen LogP contribution in [-0.4, -0.2) is 44.8 Å². The Balaban J connectivity index is 2.05. The number of methoxy groups -OCH3 is 2. The van der Waals surface area contributed by atoms with Crippen LogP contribution < -0.4 is 14.4 Å². The Hall–Kier alpha value is -3.27. The lowest BCUT2D eigenvalue weighted by molar-refractivity contribution is -0.385. The normalized spacial score (nSPS) is 13.0. The number of carbonyl (C=O) groups excluding carboxylic acids is 1. The third kappa shape index (κ3) is 4.18. The molecule has 3 rings (SSSR count). The van der Waals surface area contributed by atoms with Crippen molar-refractivity contribution in [2.24, 2.45) is 0 Å². The second kappa shape index (κ2) is 9.04. The molecule has 1 heterocycles. The molecule has 2 aromatic rings. The van der Waals surface area contributed by atoms with E-state index in [1.165, 1.54) is 26.4 Å². The van der Waals surface area contributed by atoms with Crippen molar-refractivity contribution in [2.75, 3.05) is 38.9 Å². The van der Waals surface area contributed by atoms with Crippen molar-refractivity contribution >= 4 is 17.3 Å². The molecule has 0 bridgehead atoms. The summed E-state index contributed by atoms with van der Waals surface area (Å²) in [6.45, 7) is 0.506. The fourth-order valence-corrected chi connectivity index (χ4v) is 3.38. The first-order valence-electron chi connectivity index (χ1n) is 9.15. The van der Waals surface area contributed by atoms with Crippen LogP contribution in [0.25, 0.3) is 0 Å². The maximum Gasteiger partial charge on any atom is 0.286 e. The maximum absolute atomic E-state index is 14.5. The Morgan fingerprint density at radius 3 is 2.60 bits per heavy atom. The van der Waals surface area contributed by atoms with Crippen molar-refractivity contribution in [1.82, 2.24) is 0 Å². The monoisotopic (exact) mass is 422 g/mol. The first-order chi connectivity index (χ1) is 14.4. The highest BCUT2D eigenvalue weighted by Gasteiger charge is 2.32. The van der Waals surface area contributed by atoms with E-state index in [0.29, 0.717) is 24.5 Å². The van der Waals surface area contributed by atoms with Gasteiger partial charge in [0.05, 0.1) is 30.4 Å². The van der Waals surface area contributed by atoms with Crippen molar-refractivity contribution < 1.29 is 32.7 Å². The summed E-state index contributed by atoms with van der Waals surface area (Å²) in [4.78, 5) is 25.2. The molecule has 0 saturated heterocycles. The van der Waals surface area contributed by atoms with Crippen LogP contribution in [0.1, 0.15) is 22.3 Å². The van der Waals surface area contributed by atoms with E-state index < -0.39 is 28.2 Å². The molecule has 0 saturated carbocycles. The number of amides is 1. The topological polar surface area (TPSA) is 91.1 Å². The van der Waals surface area contributed by atoms with Gasteiger partial charge in [-0.05, 0) is 24.5 Å². The van der Waals surface area contributed by atoms with Crippen LogP contribution >= 0.6 is 0 Å². The van der Waals surface area contributed by atoms with E-state index in [4.69, 9.17) is 14.2 Å². The molecular formula is C20H20F2N2O6. The van der Waals surface area contributed by atoms with Gasteiger partial charge in [0.25, 0.3) is 11.6 Å². The first kappa shape index (κ1) is 21.4. The standard InChI is InChI=1S/C20H20F2N2O6/c1-28-6-7-30-18-11-16(24(26)27)14(10-17(18)29-2)20(25)23-5-3-4-12-8-13(21)9-15(22)19(12)23/h8-11H,3-7H2,1-2H3. The number of carbonyl (C=O) groups is 1. The number of aryl methyl sites for hydroxylation is 1. The van der Waals surface area contributed by atoms with Gasteiger partial charge < -0.3 is 19.1 Å². The minimum absolute atomic E-state index is 0.0682. The zero-order chi connectivity index (χ0) is 21.8. The molecule has 10 heteroatoms. The van der Waals surface area contributed by atoms with E-state index in [1.54, 1.807) is 0 Å². The third-order valence-electron chi connectivity index (χ3n) is 4.70. The summed E-state index contributed by atoms with van der Waals surface area (Å²) in [6, 6.07) is 4.14. The third-order valence-corrected chi connectivity index (χ3v) is 4.70. The van der Waals surface area contributed by atoms with Gasteiger partial charge in [-0.1, -0.05) is 0 Å². The molecule has 0 N–H and O–H groups in total. The summed E-state index contributed by atoms with van der Waals surface area (Å²) < 4.78 is 43.6. The van der Waals surface area contributed by atoms with E-state index >= 15 is 0 Å². The van der Waals surface area contributed by atoms with Crippen molar-refractivity contribution in [3.8, 4) is 11.5 Å². The van der Waals surface area contributed by atoms with E-state index in [0.717, 1.165) is 11.0 Å². The Morgan fingerprint density at radius 2 is 1.93 bits per heavy atom. The molecular weight excluding hydrogens is 402 g/mol. The van der Waals surface area contributed by atoms with Gasteiger partial charge in [-0.15, -0.1) is 0 Å². The summed E-state index contributed by atoms with van der Waals surface area (Å²) in [5.74, 6) is -2.24. The van der Waals surface area contributed by atoms with Crippen LogP contribution in [0.3, 0.4) is 0 Å². The second-order valence-electron chi connectivity index (χ2n) is 6.57. The van der Waals surface area contributed by atoms with Crippen LogP contribution in [0, 0.1) is 21.7 Å². The Kier molecular flexibility index (Phi) is 6.46. The van der Waals surface area contributed by atoms with E-state index in [1.807, 2.05) is 0 Å². The molecule has 30 heavy (non-hydrogen) atoms. The van der Waals surface area contributed by atoms with Crippen LogP contribution in [0.15, 0.2) is 24.3 Å². The van der Waals surface area contributed by atoms with Crippen molar-refractivity contribution in [1.29, 1.82) is 0 Å². The van der Waals surface area contributed by atoms with E-state index in [2.05, 4.69) is 0 Å². The Morgan fingerprint density at radius 1 is 1.17 bits per heavy atom. The molecule has 0 aliphatic carbocycles. The lowest BCUT2D eigenvalue weighted by Crippen LogP contribution is -2.36. The van der Waals surface area contributed by atoms with Gasteiger partial charge in [0, 0.05) is 25.8 Å². The number of rotatable bonds is 7. The summed E-state index contributed by atoms with van der Waals surface area (Å²) in [5, 5.41) is 11.6. The molecule has 0 spiro atoms. The zero-order valence-electron chi connectivity index (χ0n) is 16.4. The first-order valence-corrected chi connectivity index (χ1v) is 9.15. The molecule has 8 nitrogen and oxygen atoms in total. The lowest BCUT2D eigenvalue weighted by atomic mass is 9.99. The number of fused-ring (bicyclic) bond motifs is 1. The van der Waals surface area contributed by atoms with Crippen LogP contribution in [0.2, 0.25) is 0 Å². The zero-order valence-corrected chi connectivity index (χ0v) is 16.4. The Labute approximate surface area is 171 Å². The summed E-state index contributed by atoms with van der Waals surface area (Å²) in [7, 11) is 2.81. The summed E-state index contributed by atoms with van der Waals surface area (Å²) in [5.41, 5.74) is -0.530. The molecule has 0 aromatic heterocycles. The van der Waals surface area contributed by atoms with E-state index in [9.17, 15) is 23.7 Å². The van der Waals surface area contributed by atoms with Gasteiger partial charge >= 0.3 is 0 Å². The van der Waals surface area contributed by atoms with Gasteiger partial charge in [-0.25, -0.2) is 8.78 Å². The number of nitrogens with zero attached hydrogens (tertiary/aromatic N) is 2. The SMILES string of the molecule is COCCOc1cc([N+](=O)[O-])c(C(=O)N2CCCc3cc(F)cc(F)c32)cc1OC. The maximum atomic E-state index is 14.5. The molecule has 0 atom stereocenters. The average Bonchev–Trinajstić information content (AvgIpc) is 2.72. The second-order valence-corrected chi connectivity index (χ2v) is 6.57. The fraction of sp³-hybridized carbons (Fsp3) is 0.350. The molecule has 1 aliphatic heterocycles. The number of ether oxygens (including phenoxy) is 3. The fourth-order valence-electron chi connectivity index (χ4n) is 3.38. The lowest BCUT2D eigenvalue weighted by Gasteiger charge is -2.30. The molecule has 0 radical (unpaired) electrons. The van der Waals surface area contributed by atoms with Gasteiger partial charge in [-0.3, -0.25) is 14.9 Å². The number of benzene rings is 2. The molecule has 0 fully saturated rings. The van der Waals surface area contributed by atoms with Gasteiger partial charge in [0.15, 0.2) is 11.5 Å². The number of halogens is 2. The summed E-state index contributed by atoms with van der Waals surface area (Å²) in [6.07, 6.45) is 0.857. The van der Waals surface area contributed by atoms with Gasteiger partial charge in [-0.2, -0.15) is 0 Å². The number of nitro groups is 1. The number of hydrogen-bond acceptors (Lipinski definition) is 6. The highest BCUT2D eigenvalue weighted by molar-refractivity contribution is 6.09. The molecule has 1 amide bonds. The van der Waals surface area contributed by atoms with E-state index in [-0.39, 0.29) is 42.5 Å². The molecule has 0 unspecified atom stereocenters. The summed E-state index contributed by atoms with van der Waals surface area (Å²) >= 11 is 0. The van der Waals surface area contributed by atoms with Crippen molar-refractivity contribution in [3.05, 3.63) is 57.1 Å². The van der Waals surface area contributed by atoms with Crippen LogP contribution in [-0.2, 0) is 11.2 Å².